The molecule has 0 saturated carbocycles. The number of piperidine rings is 1. The van der Waals surface area contributed by atoms with Crippen LogP contribution >= 0.6 is 0 Å². The van der Waals surface area contributed by atoms with E-state index in [2.05, 4.69) is 10.1 Å². The molecule has 1 aliphatic heterocycles. The molecule has 0 unspecified atom stereocenters. The van der Waals surface area contributed by atoms with Gasteiger partial charge in [-0.25, -0.2) is 8.42 Å². The Kier molecular flexibility index (Phi) is 7.63. The van der Waals surface area contributed by atoms with Crippen molar-refractivity contribution in [3.05, 3.63) is 29.8 Å². The molecule has 1 N–H and O–H groups in total. The van der Waals surface area contributed by atoms with Crippen LogP contribution in [0.15, 0.2) is 29.2 Å². The number of amides is 1. The van der Waals surface area contributed by atoms with Crippen molar-refractivity contribution < 1.29 is 31.1 Å². The van der Waals surface area contributed by atoms with Gasteiger partial charge in [0.15, 0.2) is 0 Å². The van der Waals surface area contributed by atoms with Gasteiger partial charge in [-0.3, -0.25) is 4.79 Å². The highest BCUT2D eigenvalue weighted by atomic mass is 32.2. The van der Waals surface area contributed by atoms with Gasteiger partial charge in [-0.15, -0.1) is 0 Å². The summed E-state index contributed by atoms with van der Waals surface area (Å²) >= 11 is 0. The molecular formula is C17H23F3N2O4S. The molecule has 152 valence electrons. The molecule has 6 nitrogen and oxygen atoms in total. The average molecular weight is 408 g/mol. The standard InChI is InChI=1S/C17H23F3N2O4S/c18-17(19,20)13-26-10-7-16(23)21-12-14-5-4-6-15(11-14)27(24,25)22-8-2-1-3-9-22/h4-6,11H,1-3,7-10,12-13H2,(H,21,23). The molecule has 0 aromatic heterocycles. The van der Waals surface area contributed by atoms with Crippen molar-refractivity contribution in [2.75, 3.05) is 26.3 Å². The Labute approximate surface area is 156 Å². The van der Waals surface area contributed by atoms with E-state index in [1.54, 1.807) is 12.1 Å². The van der Waals surface area contributed by atoms with Crippen LogP contribution in [0.5, 0.6) is 0 Å². The molecule has 0 aliphatic carbocycles. The van der Waals surface area contributed by atoms with Crippen LogP contribution in [0.1, 0.15) is 31.2 Å². The first-order valence-electron chi connectivity index (χ1n) is 8.69. The highest BCUT2D eigenvalue weighted by Gasteiger charge is 2.27. The summed E-state index contributed by atoms with van der Waals surface area (Å²) in [5.74, 6) is -0.471. The second-order valence-electron chi connectivity index (χ2n) is 6.31. The summed E-state index contributed by atoms with van der Waals surface area (Å²) in [5.41, 5.74) is 0.595. The first-order chi connectivity index (χ1) is 12.7. The van der Waals surface area contributed by atoms with E-state index in [1.165, 1.54) is 16.4 Å². The first-order valence-corrected chi connectivity index (χ1v) is 10.1. The lowest BCUT2D eigenvalue weighted by molar-refractivity contribution is -0.174. The normalized spacial score (nSPS) is 16.3. The Balaban J connectivity index is 1.85. The third-order valence-electron chi connectivity index (χ3n) is 4.08. The van der Waals surface area contributed by atoms with Crippen LogP contribution in [0.2, 0.25) is 0 Å². The third kappa shape index (κ3) is 7.11. The van der Waals surface area contributed by atoms with Gasteiger partial charge in [0.2, 0.25) is 15.9 Å². The maximum atomic E-state index is 12.7. The van der Waals surface area contributed by atoms with E-state index in [0.29, 0.717) is 18.7 Å². The largest absolute Gasteiger partial charge is 0.411 e. The van der Waals surface area contributed by atoms with Gasteiger partial charge in [0.25, 0.3) is 0 Å². The molecule has 0 bridgehead atoms. The van der Waals surface area contributed by atoms with E-state index >= 15 is 0 Å². The summed E-state index contributed by atoms with van der Waals surface area (Å²) in [4.78, 5) is 11.8. The fraction of sp³-hybridized carbons (Fsp3) is 0.588. The number of carbonyl (C=O) groups is 1. The molecule has 0 radical (unpaired) electrons. The van der Waals surface area contributed by atoms with Crippen molar-refractivity contribution in [3.8, 4) is 0 Å². The summed E-state index contributed by atoms with van der Waals surface area (Å²) in [7, 11) is -3.56. The molecule has 1 aromatic rings. The van der Waals surface area contributed by atoms with E-state index in [9.17, 15) is 26.4 Å². The van der Waals surface area contributed by atoms with Gasteiger partial charge in [0.1, 0.15) is 6.61 Å². The van der Waals surface area contributed by atoms with Crippen molar-refractivity contribution in [1.29, 1.82) is 0 Å². The van der Waals surface area contributed by atoms with Gasteiger partial charge >= 0.3 is 6.18 Å². The van der Waals surface area contributed by atoms with Crippen molar-refractivity contribution in [2.24, 2.45) is 0 Å². The van der Waals surface area contributed by atoms with Gasteiger partial charge in [0.05, 0.1) is 11.5 Å². The summed E-state index contributed by atoms with van der Waals surface area (Å²) in [6.45, 7) is -0.644. The van der Waals surface area contributed by atoms with Crippen molar-refractivity contribution in [2.45, 2.75) is 43.3 Å². The van der Waals surface area contributed by atoms with Crippen LogP contribution in [0, 0.1) is 0 Å². The Morgan fingerprint density at radius 3 is 2.56 bits per heavy atom. The van der Waals surface area contributed by atoms with Gasteiger partial charge in [0, 0.05) is 26.1 Å². The van der Waals surface area contributed by atoms with Gasteiger partial charge in [-0.05, 0) is 30.5 Å². The Hall–Kier alpha value is -1.65. The minimum Gasteiger partial charge on any atom is -0.372 e. The highest BCUT2D eigenvalue weighted by molar-refractivity contribution is 7.89. The zero-order valence-electron chi connectivity index (χ0n) is 14.8. The second-order valence-corrected chi connectivity index (χ2v) is 8.24. The first kappa shape index (κ1) is 21.6. The number of hydrogen-bond donors (Lipinski definition) is 1. The lowest BCUT2D eigenvalue weighted by Gasteiger charge is -2.26. The highest BCUT2D eigenvalue weighted by Crippen LogP contribution is 2.21. The molecule has 10 heteroatoms. The number of alkyl halides is 3. The molecule has 0 atom stereocenters. The number of hydrogen-bond acceptors (Lipinski definition) is 4. The number of carbonyl (C=O) groups excluding carboxylic acids is 1. The third-order valence-corrected chi connectivity index (χ3v) is 5.97. The molecule has 1 aromatic carbocycles. The van der Waals surface area contributed by atoms with Crippen LogP contribution in [-0.2, 0) is 26.1 Å². The Morgan fingerprint density at radius 1 is 1.19 bits per heavy atom. The summed E-state index contributed by atoms with van der Waals surface area (Å²) < 4.78 is 67.0. The van der Waals surface area contributed by atoms with E-state index in [1.807, 2.05) is 0 Å². The fourth-order valence-corrected chi connectivity index (χ4v) is 4.30. The predicted octanol–water partition coefficient (Wildman–Crippen LogP) is 2.45. The van der Waals surface area contributed by atoms with Crippen LogP contribution in [0.3, 0.4) is 0 Å². The smallest absolute Gasteiger partial charge is 0.372 e. The van der Waals surface area contributed by atoms with E-state index < -0.39 is 28.7 Å². The minimum absolute atomic E-state index is 0.0848. The number of halogens is 3. The topological polar surface area (TPSA) is 75.7 Å². The second kappa shape index (κ2) is 9.52. The predicted molar refractivity (Wildman–Crippen MR) is 92.4 cm³/mol. The molecule has 1 saturated heterocycles. The van der Waals surface area contributed by atoms with Gasteiger partial charge in [-0.1, -0.05) is 18.6 Å². The fourth-order valence-electron chi connectivity index (χ4n) is 2.71. The molecule has 1 amide bonds. The van der Waals surface area contributed by atoms with Gasteiger partial charge in [-0.2, -0.15) is 17.5 Å². The van der Waals surface area contributed by atoms with Crippen molar-refractivity contribution in [3.63, 3.8) is 0 Å². The average Bonchev–Trinajstić information content (AvgIpc) is 2.64. The molecule has 1 aliphatic rings. The van der Waals surface area contributed by atoms with E-state index in [-0.39, 0.29) is 24.5 Å². The molecule has 0 spiro atoms. The summed E-state index contributed by atoms with van der Waals surface area (Å²) in [6, 6.07) is 6.30. The SMILES string of the molecule is O=C(CCOCC(F)(F)F)NCc1cccc(S(=O)(=O)N2CCCCC2)c1. The Morgan fingerprint density at radius 2 is 1.89 bits per heavy atom. The number of rotatable bonds is 8. The molecule has 1 fully saturated rings. The van der Waals surface area contributed by atoms with Crippen molar-refractivity contribution in [1.82, 2.24) is 9.62 Å². The van der Waals surface area contributed by atoms with Crippen molar-refractivity contribution >= 4 is 15.9 Å². The Bertz CT molecular complexity index is 732. The summed E-state index contributed by atoms with van der Waals surface area (Å²) in [5, 5.41) is 2.55. The van der Waals surface area contributed by atoms with Crippen LogP contribution < -0.4 is 5.32 Å². The molecular weight excluding hydrogens is 385 g/mol. The zero-order chi connectivity index (χ0) is 19.9. The number of ether oxygens (including phenoxy) is 1. The van der Waals surface area contributed by atoms with E-state index in [0.717, 1.165) is 19.3 Å². The number of nitrogens with one attached hydrogen (secondary N) is 1. The van der Waals surface area contributed by atoms with Crippen LogP contribution in [0.4, 0.5) is 13.2 Å². The van der Waals surface area contributed by atoms with Crippen LogP contribution in [0.25, 0.3) is 0 Å². The summed E-state index contributed by atoms with van der Waals surface area (Å²) in [6.07, 6.45) is -1.93. The van der Waals surface area contributed by atoms with E-state index in [4.69, 9.17) is 0 Å². The number of nitrogens with zero attached hydrogens (tertiary/aromatic N) is 1. The molecule has 1 heterocycles. The van der Waals surface area contributed by atoms with Crippen LogP contribution in [-0.4, -0.2) is 51.1 Å². The maximum absolute atomic E-state index is 12.7. The lowest BCUT2D eigenvalue weighted by atomic mass is 10.2. The minimum atomic E-state index is -4.42. The molecule has 27 heavy (non-hydrogen) atoms. The molecule has 2 rings (SSSR count). The zero-order valence-corrected chi connectivity index (χ0v) is 15.6. The number of sulfonamides is 1. The quantitative estimate of drug-likeness (QED) is 0.671. The lowest BCUT2D eigenvalue weighted by Crippen LogP contribution is -2.35. The monoisotopic (exact) mass is 408 g/mol. The van der Waals surface area contributed by atoms with Gasteiger partial charge < -0.3 is 10.1 Å². The number of benzene rings is 1. The maximum Gasteiger partial charge on any atom is 0.411 e.